The highest BCUT2D eigenvalue weighted by Gasteiger charge is 2.66. The van der Waals surface area contributed by atoms with Gasteiger partial charge in [-0.25, -0.2) is 9.69 Å². The van der Waals surface area contributed by atoms with E-state index in [4.69, 9.17) is 9.47 Å². The molecule has 0 N–H and O–H groups in total. The van der Waals surface area contributed by atoms with Gasteiger partial charge in [-0.05, 0) is 38.0 Å². The van der Waals surface area contributed by atoms with Gasteiger partial charge in [0.2, 0.25) is 0 Å². The van der Waals surface area contributed by atoms with E-state index in [2.05, 4.69) is 22.0 Å². The van der Waals surface area contributed by atoms with Crippen molar-refractivity contribution in [3.63, 3.8) is 0 Å². The predicted molar refractivity (Wildman–Crippen MR) is 93.7 cm³/mol. The largest absolute Gasteiger partial charge is 0.452 e. The Kier molecular flexibility index (Phi) is 4.33. The molecule has 3 atom stereocenters. The molecule has 6 nitrogen and oxygen atoms in total. The maximum atomic E-state index is 12.4. The van der Waals surface area contributed by atoms with Crippen LogP contribution in [0.5, 0.6) is 0 Å². The van der Waals surface area contributed by atoms with Gasteiger partial charge in [0.05, 0.1) is 24.3 Å². The molecule has 0 saturated carbocycles. The van der Waals surface area contributed by atoms with Gasteiger partial charge in [0, 0.05) is 4.47 Å². The SMILES string of the molecule is COC(=O)N1c2cc(Br)ccc2[C@]2(CC=C(C)C)C(C#N)C(=O)O[C@H]12. The fourth-order valence-electron chi connectivity index (χ4n) is 3.59. The normalized spacial score (nSPS) is 26.4. The number of methoxy groups -OCH3 is 1. The molecule has 2 aliphatic rings. The third-order valence-electron chi connectivity index (χ3n) is 4.72. The van der Waals surface area contributed by atoms with Crippen molar-refractivity contribution in [2.45, 2.75) is 31.9 Å². The molecule has 1 saturated heterocycles. The first-order valence-electron chi connectivity index (χ1n) is 7.77. The van der Waals surface area contributed by atoms with Crippen LogP contribution in [0.15, 0.2) is 34.3 Å². The van der Waals surface area contributed by atoms with Crippen LogP contribution in [0, 0.1) is 17.2 Å². The maximum Gasteiger partial charge on any atom is 0.417 e. The van der Waals surface area contributed by atoms with Crippen LogP contribution < -0.4 is 4.90 Å². The molecule has 1 unspecified atom stereocenters. The number of nitrogens with zero attached hydrogens (tertiary/aromatic N) is 2. The maximum absolute atomic E-state index is 12.4. The number of fused-ring (bicyclic) bond motifs is 3. The average molecular weight is 405 g/mol. The van der Waals surface area contributed by atoms with Crippen molar-refractivity contribution in [2.75, 3.05) is 12.0 Å². The Morgan fingerprint density at radius 1 is 1.52 bits per heavy atom. The van der Waals surface area contributed by atoms with Gasteiger partial charge < -0.3 is 9.47 Å². The fraction of sp³-hybridized carbons (Fsp3) is 0.389. The third-order valence-corrected chi connectivity index (χ3v) is 5.22. The Morgan fingerprint density at radius 3 is 2.84 bits per heavy atom. The van der Waals surface area contributed by atoms with Crippen LogP contribution in [0.1, 0.15) is 25.8 Å². The van der Waals surface area contributed by atoms with Crippen molar-refractivity contribution < 1.29 is 19.1 Å². The van der Waals surface area contributed by atoms with Gasteiger partial charge in [-0.3, -0.25) is 4.79 Å². The van der Waals surface area contributed by atoms with Crippen LogP contribution in [0.25, 0.3) is 0 Å². The molecular formula is C18H17BrN2O4. The monoisotopic (exact) mass is 404 g/mol. The summed E-state index contributed by atoms with van der Waals surface area (Å²) >= 11 is 3.40. The van der Waals surface area contributed by atoms with Gasteiger partial charge in [-0.15, -0.1) is 0 Å². The number of allylic oxidation sites excluding steroid dienone is 2. The van der Waals surface area contributed by atoms with Crippen LogP contribution in [0.3, 0.4) is 0 Å². The molecule has 0 spiro atoms. The molecule has 0 aliphatic carbocycles. The molecule has 0 radical (unpaired) electrons. The molecule has 1 aromatic rings. The minimum absolute atomic E-state index is 0.409. The van der Waals surface area contributed by atoms with Gasteiger partial charge in [0.15, 0.2) is 12.1 Å². The molecule has 25 heavy (non-hydrogen) atoms. The lowest BCUT2D eigenvalue weighted by atomic mass is 9.70. The van der Waals surface area contributed by atoms with Crippen LogP contribution in [0.4, 0.5) is 10.5 Å². The second-order valence-corrected chi connectivity index (χ2v) is 7.29. The first-order valence-corrected chi connectivity index (χ1v) is 8.56. The first-order chi connectivity index (χ1) is 11.9. The highest BCUT2D eigenvalue weighted by Crippen LogP contribution is 2.56. The number of benzene rings is 1. The van der Waals surface area contributed by atoms with E-state index in [1.54, 1.807) is 6.07 Å². The Hall–Kier alpha value is -2.33. The van der Waals surface area contributed by atoms with Crippen molar-refractivity contribution in [2.24, 2.45) is 5.92 Å². The molecular weight excluding hydrogens is 388 g/mol. The summed E-state index contributed by atoms with van der Waals surface area (Å²) in [6.45, 7) is 3.89. The van der Waals surface area contributed by atoms with E-state index in [1.807, 2.05) is 32.1 Å². The Balaban J connectivity index is 2.28. The van der Waals surface area contributed by atoms with Crippen LogP contribution in [-0.2, 0) is 19.7 Å². The van der Waals surface area contributed by atoms with Crippen molar-refractivity contribution in [1.82, 2.24) is 0 Å². The molecule has 7 heteroatoms. The van der Waals surface area contributed by atoms with E-state index in [0.717, 1.165) is 15.6 Å². The lowest BCUT2D eigenvalue weighted by molar-refractivity contribution is -0.142. The van der Waals surface area contributed by atoms with E-state index in [9.17, 15) is 14.9 Å². The Morgan fingerprint density at radius 2 is 2.24 bits per heavy atom. The van der Waals surface area contributed by atoms with Gasteiger partial charge >= 0.3 is 12.1 Å². The number of halogens is 1. The zero-order valence-corrected chi connectivity index (χ0v) is 15.7. The molecule has 2 aliphatic heterocycles. The molecule has 0 aromatic heterocycles. The number of nitriles is 1. The smallest absolute Gasteiger partial charge is 0.417 e. The van der Waals surface area contributed by atoms with Gasteiger partial charge in [-0.2, -0.15) is 5.26 Å². The van der Waals surface area contributed by atoms with Crippen LogP contribution in [-0.4, -0.2) is 25.4 Å². The highest BCUT2D eigenvalue weighted by molar-refractivity contribution is 9.10. The van der Waals surface area contributed by atoms with Crippen molar-refractivity contribution in [3.05, 3.63) is 39.9 Å². The number of hydrogen-bond acceptors (Lipinski definition) is 5. The van der Waals surface area contributed by atoms with E-state index in [-0.39, 0.29) is 0 Å². The number of carbonyl (C=O) groups excluding carboxylic acids is 2. The van der Waals surface area contributed by atoms with Crippen molar-refractivity contribution >= 4 is 33.7 Å². The molecule has 130 valence electrons. The van der Waals surface area contributed by atoms with Crippen LogP contribution >= 0.6 is 15.9 Å². The number of esters is 1. The summed E-state index contributed by atoms with van der Waals surface area (Å²) in [6.07, 6.45) is 0.838. The van der Waals surface area contributed by atoms with E-state index >= 15 is 0 Å². The summed E-state index contributed by atoms with van der Waals surface area (Å²) in [5.41, 5.74) is 1.43. The number of ether oxygens (including phenoxy) is 2. The first kappa shape index (κ1) is 17.5. The quantitative estimate of drug-likeness (QED) is 0.554. The van der Waals surface area contributed by atoms with Crippen LogP contribution in [0.2, 0.25) is 0 Å². The third kappa shape index (κ3) is 2.44. The topological polar surface area (TPSA) is 79.6 Å². The minimum Gasteiger partial charge on any atom is -0.452 e. The van der Waals surface area contributed by atoms with Gasteiger partial charge in [-0.1, -0.05) is 33.6 Å². The number of amides is 1. The highest BCUT2D eigenvalue weighted by atomic mass is 79.9. The average Bonchev–Trinajstić information content (AvgIpc) is 2.99. The van der Waals surface area contributed by atoms with E-state index < -0.39 is 29.6 Å². The standard InChI is InChI=1S/C18H17BrN2O4/c1-10(2)6-7-18-12-5-4-11(19)8-14(12)21(17(23)24-3)16(18)25-15(22)13(18)9-20/h4-6,8,13,16H,7H2,1-3H3/t13?,16-,18+/m0/s1. The molecule has 1 amide bonds. The number of rotatable bonds is 2. The molecule has 0 bridgehead atoms. The molecule has 1 aromatic carbocycles. The van der Waals surface area contributed by atoms with Gasteiger partial charge in [0.25, 0.3) is 0 Å². The summed E-state index contributed by atoms with van der Waals surface area (Å²) in [5, 5.41) is 9.66. The Bertz CT molecular complexity index is 825. The number of anilines is 1. The summed E-state index contributed by atoms with van der Waals surface area (Å²) in [5.74, 6) is -1.61. The summed E-state index contributed by atoms with van der Waals surface area (Å²) in [4.78, 5) is 26.1. The minimum atomic E-state index is -0.998. The summed E-state index contributed by atoms with van der Waals surface area (Å²) in [7, 11) is 1.27. The number of hydrogen-bond donors (Lipinski definition) is 0. The van der Waals surface area contributed by atoms with E-state index in [1.165, 1.54) is 12.0 Å². The zero-order valence-electron chi connectivity index (χ0n) is 14.1. The zero-order chi connectivity index (χ0) is 18.4. The molecule has 1 fully saturated rings. The lowest BCUT2D eigenvalue weighted by Crippen LogP contribution is -2.47. The van der Waals surface area contributed by atoms with Gasteiger partial charge in [0.1, 0.15) is 0 Å². The predicted octanol–water partition coefficient (Wildman–Crippen LogP) is 3.65. The van der Waals surface area contributed by atoms with Crippen molar-refractivity contribution in [3.8, 4) is 6.07 Å². The molecule has 3 rings (SSSR count). The number of carbonyl (C=O) groups is 2. The second-order valence-electron chi connectivity index (χ2n) is 6.38. The van der Waals surface area contributed by atoms with Crippen molar-refractivity contribution in [1.29, 1.82) is 5.26 Å². The second kappa shape index (κ2) is 6.19. The fourth-order valence-corrected chi connectivity index (χ4v) is 3.94. The molecule has 2 heterocycles. The Labute approximate surface area is 154 Å². The summed E-state index contributed by atoms with van der Waals surface area (Å²) < 4.78 is 11.2. The summed E-state index contributed by atoms with van der Waals surface area (Å²) in [6, 6.07) is 7.53. The van der Waals surface area contributed by atoms with E-state index in [0.29, 0.717) is 12.1 Å². The lowest BCUT2D eigenvalue weighted by Gasteiger charge is -2.30.